The van der Waals surface area contributed by atoms with Crippen molar-refractivity contribution < 1.29 is 27.9 Å². The summed E-state index contributed by atoms with van der Waals surface area (Å²) in [5, 5.41) is 12.7. The lowest BCUT2D eigenvalue weighted by Gasteiger charge is -2.21. The number of halogens is 3. The highest BCUT2D eigenvalue weighted by atomic mass is 19.4. The summed E-state index contributed by atoms with van der Waals surface area (Å²) in [6, 6.07) is 6.41. The molecule has 1 unspecified atom stereocenters. The minimum absolute atomic E-state index is 0.0517. The van der Waals surface area contributed by atoms with Crippen LogP contribution in [0.15, 0.2) is 30.3 Å². The molecule has 5 nitrogen and oxygen atoms in total. The Labute approximate surface area is 119 Å². The summed E-state index contributed by atoms with van der Waals surface area (Å²) in [5.41, 5.74) is 0.0517. The molecule has 116 valence electrons. The number of urea groups is 1. The third kappa shape index (κ3) is 6.15. The van der Waals surface area contributed by atoms with E-state index in [2.05, 4.69) is 10.6 Å². The summed E-state index contributed by atoms with van der Waals surface area (Å²) in [6.45, 7) is -0.768. The molecule has 0 aromatic heterocycles. The zero-order valence-electron chi connectivity index (χ0n) is 11.0. The fourth-order valence-corrected chi connectivity index (χ4v) is 1.65. The third-order valence-electron chi connectivity index (χ3n) is 2.69. The van der Waals surface area contributed by atoms with Crippen molar-refractivity contribution in [1.29, 1.82) is 0 Å². The van der Waals surface area contributed by atoms with Gasteiger partial charge in [-0.3, -0.25) is 4.79 Å². The number of carboxylic acid groups (broad SMARTS) is 1. The molecule has 1 rings (SSSR count). The average molecular weight is 304 g/mol. The first-order chi connectivity index (χ1) is 9.80. The molecule has 3 N–H and O–H groups in total. The Morgan fingerprint density at radius 3 is 2.29 bits per heavy atom. The van der Waals surface area contributed by atoms with Crippen molar-refractivity contribution in [2.45, 2.75) is 18.5 Å². The molecule has 0 aliphatic carbocycles. The van der Waals surface area contributed by atoms with Crippen molar-refractivity contribution in [2.24, 2.45) is 0 Å². The van der Waals surface area contributed by atoms with Crippen molar-refractivity contribution in [3.05, 3.63) is 35.9 Å². The number of amides is 2. The van der Waals surface area contributed by atoms with Gasteiger partial charge < -0.3 is 15.7 Å². The van der Waals surface area contributed by atoms with E-state index < -0.39 is 30.6 Å². The molecule has 0 fully saturated rings. The van der Waals surface area contributed by atoms with Crippen molar-refractivity contribution in [3.8, 4) is 0 Å². The fraction of sp³-hybridized carbons (Fsp3) is 0.385. The minimum Gasteiger partial charge on any atom is -0.481 e. The molecule has 1 aromatic rings. The number of alkyl halides is 3. The fourth-order valence-electron chi connectivity index (χ4n) is 1.65. The van der Waals surface area contributed by atoms with Crippen LogP contribution in [-0.4, -0.2) is 36.4 Å². The van der Waals surface area contributed by atoms with Crippen molar-refractivity contribution in [1.82, 2.24) is 10.6 Å². The zero-order valence-corrected chi connectivity index (χ0v) is 11.0. The van der Waals surface area contributed by atoms with Gasteiger partial charge in [0.15, 0.2) is 0 Å². The van der Waals surface area contributed by atoms with Gasteiger partial charge in [0.2, 0.25) is 0 Å². The van der Waals surface area contributed by atoms with Gasteiger partial charge in [-0.05, 0) is 5.56 Å². The second kappa shape index (κ2) is 7.51. The molecular formula is C13H15F3N2O3. The number of nitrogens with one attached hydrogen (secondary N) is 2. The zero-order chi connectivity index (χ0) is 15.9. The molecule has 0 bridgehead atoms. The smallest absolute Gasteiger partial charge is 0.397 e. The largest absolute Gasteiger partial charge is 0.481 e. The summed E-state index contributed by atoms with van der Waals surface area (Å²) in [6.07, 6.45) is -4.79. The molecule has 0 aliphatic rings. The van der Waals surface area contributed by atoms with E-state index >= 15 is 0 Å². The number of hydrogen-bond acceptors (Lipinski definition) is 2. The lowest BCUT2D eigenvalue weighted by Crippen LogP contribution is -2.41. The van der Waals surface area contributed by atoms with E-state index in [9.17, 15) is 22.8 Å². The monoisotopic (exact) mass is 304 g/mol. The SMILES string of the molecule is O=C(O)CCNC(=O)NCC(c1ccccc1)C(F)(F)F. The second-order valence-corrected chi connectivity index (χ2v) is 4.29. The first-order valence-electron chi connectivity index (χ1n) is 6.16. The van der Waals surface area contributed by atoms with Crippen LogP contribution in [0.25, 0.3) is 0 Å². The van der Waals surface area contributed by atoms with Gasteiger partial charge in [-0.1, -0.05) is 30.3 Å². The Morgan fingerprint density at radius 1 is 1.14 bits per heavy atom. The highest BCUT2D eigenvalue weighted by molar-refractivity contribution is 5.75. The summed E-state index contributed by atoms with van der Waals surface area (Å²) in [5.74, 6) is -2.92. The Morgan fingerprint density at radius 2 is 1.76 bits per heavy atom. The molecule has 1 atom stereocenters. The van der Waals surface area contributed by atoms with Gasteiger partial charge in [-0.15, -0.1) is 0 Å². The number of carboxylic acids is 1. The van der Waals surface area contributed by atoms with Crippen molar-refractivity contribution in [2.75, 3.05) is 13.1 Å². The highest BCUT2D eigenvalue weighted by Gasteiger charge is 2.40. The molecule has 21 heavy (non-hydrogen) atoms. The molecule has 0 saturated heterocycles. The predicted octanol–water partition coefficient (Wildman–Crippen LogP) is 2.11. The third-order valence-corrected chi connectivity index (χ3v) is 2.69. The van der Waals surface area contributed by atoms with E-state index in [-0.39, 0.29) is 18.5 Å². The van der Waals surface area contributed by atoms with Crippen LogP contribution in [0, 0.1) is 0 Å². The number of carbonyl (C=O) groups is 2. The Balaban J connectivity index is 2.55. The number of carbonyl (C=O) groups excluding carboxylic acids is 1. The molecule has 2 amide bonds. The van der Waals surface area contributed by atoms with Crippen molar-refractivity contribution in [3.63, 3.8) is 0 Å². The quantitative estimate of drug-likeness (QED) is 0.753. The van der Waals surface area contributed by atoms with Gasteiger partial charge in [0, 0.05) is 13.1 Å². The average Bonchev–Trinajstić information content (AvgIpc) is 2.38. The van der Waals surface area contributed by atoms with Gasteiger partial charge in [-0.2, -0.15) is 13.2 Å². The summed E-state index contributed by atoms with van der Waals surface area (Å²) < 4.78 is 38.9. The van der Waals surface area contributed by atoms with Crippen LogP contribution >= 0.6 is 0 Å². The molecule has 1 aromatic carbocycles. The Bertz CT molecular complexity index is 477. The first-order valence-corrected chi connectivity index (χ1v) is 6.16. The van der Waals surface area contributed by atoms with E-state index in [4.69, 9.17) is 5.11 Å². The Hall–Kier alpha value is -2.25. The van der Waals surface area contributed by atoms with Crippen LogP contribution in [0.3, 0.4) is 0 Å². The van der Waals surface area contributed by atoms with Gasteiger partial charge >= 0.3 is 18.2 Å². The molecule has 0 saturated carbocycles. The first kappa shape index (κ1) is 16.8. The van der Waals surface area contributed by atoms with Gasteiger partial charge in [-0.25, -0.2) is 4.79 Å². The topological polar surface area (TPSA) is 78.4 Å². The maximum atomic E-state index is 13.0. The lowest BCUT2D eigenvalue weighted by atomic mass is 9.98. The minimum atomic E-state index is -4.49. The van der Waals surface area contributed by atoms with Gasteiger partial charge in [0.05, 0.1) is 12.3 Å². The van der Waals surface area contributed by atoms with Crippen LogP contribution in [0.1, 0.15) is 17.9 Å². The summed E-state index contributed by atoms with van der Waals surface area (Å²) in [7, 11) is 0. The maximum Gasteiger partial charge on any atom is 0.397 e. The molecular weight excluding hydrogens is 289 g/mol. The highest BCUT2D eigenvalue weighted by Crippen LogP contribution is 2.34. The summed E-state index contributed by atoms with van der Waals surface area (Å²) in [4.78, 5) is 21.5. The molecule has 0 spiro atoms. The number of hydrogen-bond donors (Lipinski definition) is 3. The van der Waals surface area contributed by atoms with Crippen LogP contribution < -0.4 is 10.6 Å². The van der Waals surface area contributed by atoms with Crippen LogP contribution in [0.5, 0.6) is 0 Å². The van der Waals surface area contributed by atoms with Crippen LogP contribution in [-0.2, 0) is 4.79 Å². The van der Waals surface area contributed by atoms with E-state index in [0.717, 1.165) is 0 Å². The normalized spacial score (nSPS) is 12.5. The van der Waals surface area contributed by atoms with E-state index in [1.165, 1.54) is 24.3 Å². The summed E-state index contributed by atoms with van der Waals surface area (Å²) >= 11 is 0. The standard InChI is InChI=1S/C13H15F3N2O3/c14-13(15,16)10(9-4-2-1-3-5-9)8-18-12(21)17-7-6-11(19)20/h1-5,10H,6-8H2,(H,19,20)(H2,17,18,21). The second-order valence-electron chi connectivity index (χ2n) is 4.29. The van der Waals surface area contributed by atoms with Gasteiger partial charge in [0.25, 0.3) is 0 Å². The molecule has 0 heterocycles. The molecule has 0 aliphatic heterocycles. The van der Waals surface area contributed by atoms with Crippen LogP contribution in [0.4, 0.5) is 18.0 Å². The number of benzene rings is 1. The van der Waals surface area contributed by atoms with Gasteiger partial charge in [0.1, 0.15) is 0 Å². The van der Waals surface area contributed by atoms with Crippen LogP contribution in [0.2, 0.25) is 0 Å². The number of aliphatic carboxylic acids is 1. The lowest BCUT2D eigenvalue weighted by molar-refractivity contribution is -0.149. The predicted molar refractivity (Wildman–Crippen MR) is 68.9 cm³/mol. The van der Waals surface area contributed by atoms with E-state index in [1.54, 1.807) is 6.07 Å². The van der Waals surface area contributed by atoms with E-state index in [1.807, 2.05) is 0 Å². The Kier molecular flexibility index (Phi) is 6.01. The van der Waals surface area contributed by atoms with E-state index in [0.29, 0.717) is 0 Å². The van der Waals surface area contributed by atoms with Crippen molar-refractivity contribution >= 4 is 12.0 Å². The molecule has 0 radical (unpaired) electrons. The number of rotatable bonds is 6. The maximum absolute atomic E-state index is 13.0. The molecule has 8 heteroatoms.